The van der Waals surface area contributed by atoms with Crippen molar-refractivity contribution in [1.82, 2.24) is 20.0 Å². The maximum Gasteiger partial charge on any atom is 0.0522 e. The molecule has 2 heterocycles. The normalized spacial score (nSPS) is 25.7. The average Bonchev–Trinajstić information content (AvgIpc) is 2.72. The highest BCUT2D eigenvalue weighted by Crippen LogP contribution is 2.23. The number of nitrogens with one attached hydrogen (secondary N) is 1. The lowest BCUT2D eigenvalue weighted by atomic mass is 9.84. The second-order valence-electron chi connectivity index (χ2n) is 6.94. The van der Waals surface area contributed by atoms with E-state index in [1.54, 1.807) is 0 Å². The molecule has 0 amide bonds. The van der Waals surface area contributed by atoms with Crippen LogP contribution in [0.3, 0.4) is 0 Å². The van der Waals surface area contributed by atoms with Crippen molar-refractivity contribution < 1.29 is 0 Å². The smallest absolute Gasteiger partial charge is 0.0522 e. The van der Waals surface area contributed by atoms with Crippen molar-refractivity contribution in [2.24, 2.45) is 12.5 Å². The second kappa shape index (κ2) is 5.63. The van der Waals surface area contributed by atoms with Gasteiger partial charge in [-0.25, -0.2) is 0 Å². The van der Waals surface area contributed by atoms with Crippen molar-refractivity contribution in [2.75, 3.05) is 19.6 Å². The van der Waals surface area contributed by atoms with Crippen LogP contribution in [0.4, 0.5) is 0 Å². The fourth-order valence-electron chi connectivity index (χ4n) is 2.69. The molecule has 0 saturated carbocycles. The first-order chi connectivity index (χ1) is 8.86. The molecule has 1 aliphatic heterocycles. The summed E-state index contributed by atoms with van der Waals surface area (Å²) in [5, 5.41) is 7.92. The summed E-state index contributed by atoms with van der Waals surface area (Å²) in [5.74, 6) is 0. The second-order valence-corrected chi connectivity index (χ2v) is 6.94. The van der Waals surface area contributed by atoms with E-state index in [1.807, 2.05) is 17.9 Å². The Hall–Kier alpha value is -0.870. The lowest BCUT2D eigenvalue weighted by molar-refractivity contribution is 0.0948. The lowest BCUT2D eigenvalue weighted by Crippen LogP contribution is -2.59. The van der Waals surface area contributed by atoms with Gasteiger partial charge in [-0.2, -0.15) is 5.10 Å². The van der Waals surface area contributed by atoms with Crippen LogP contribution in [-0.2, 0) is 13.5 Å². The van der Waals surface area contributed by atoms with Gasteiger partial charge in [0.25, 0.3) is 0 Å². The quantitative estimate of drug-likeness (QED) is 0.901. The van der Waals surface area contributed by atoms with Crippen LogP contribution < -0.4 is 5.32 Å². The number of aryl methyl sites for hydroxylation is 1. The van der Waals surface area contributed by atoms with Gasteiger partial charge in [0.1, 0.15) is 0 Å². The number of hydrogen-bond acceptors (Lipinski definition) is 3. The summed E-state index contributed by atoms with van der Waals surface area (Å²) in [6.07, 6.45) is 5.19. The van der Waals surface area contributed by atoms with Crippen molar-refractivity contribution in [1.29, 1.82) is 0 Å². The van der Waals surface area contributed by atoms with E-state index in [-0.39, 0.29) is 0 Å². The molecular weight excluding hydrogens is 236 g/mol. The third-order valence-corrected chi connectivity index (χ3v) is 4.19. The molecule has 19 heavy (non-hydrogen) atoms. The molecule has 0 aromatic carbocycles. The van der Waals surface area contributed by atoms with Crippen molar-refractivity contribution in [3.05, 3.63) is 18.0 Å². The third-order valence-electron chi connectivity index (χ3n) is 4.19. The van der Waals surface area contributed by atoms with E-state index in [0.717, 1.165) is 26.1 Å². The average molecular weight is 264 g/mol. The molecule has 1 saturated heterocycles. The largest absolute Gasteiger partial charge is 0.311 e. The third kappa shape index (κ3) is 3.80. The molecule has 2 rings (SSSR count). The van der Waals surface area contributed by atoms with E-state index in [0.29, 0.717) is 17.5 Å². The van der Waals surface area contributed by atoms with Crippen molar-refractivity contribution >= 4 is 0 Å². The highest BCUT2D eigenvalue weighted by Gasteiger charge is 2.31. The van der Waals surface area contributed by atoms with E-state index in [2.05, 4.69) is 49.2 Å². The minimum absolute atomic E-state index is 0.326. The minimum Gasteiger partial charge on any atom is -0.311 e. The molecule has 1 N–H and O–H groups in total. The van der Waals surface area contributed by atoms with Gasteiger partial charge in [0.15, 0.2) is 0 Å². The Morgan fingerprint density at radius 3 is 2.74 bits per heavy atom. The Balaban J connectivity index is 1.90. The predicted octanol–water partition coefficient (Wildman–Crippen LogP) is 1.67. The first-order valence-corrected chi connectivity index (χ1v) is 7.31. The van der Waals surface area contributed by atoms with E-state index < -0.39 is 0 Å². The van der Waals surface area contributed by atoms with Gasteiger partial charge in [-0.3, -0.25) is 9.58 Å². The van der Waals surface area contributed by atoms with Gasteiger partial charge in [0.05, 0.1) is 6.20 Å². The zero-order valence-corrected chi connectivity index (χ0v) is 13.0. The Bertz CT molecular complexity index is 405. The topological polar surface area (TPSA) is 33.1 Å². The first kappa shape index (κ1) is 14.5. The Labute approximate surface area is 117 Å². The van der Waals surface area contributed by atoms with Gasteiger partial charge in [0, 0.05) is 45.0 Å². The maximum atomic E-state index is 4.24. The molecular formula is C15H28N4. The van der Waals surface area contributed by atoms with Gasteiger partial charge in [-0.15, -0.1) is 0 Å². The molecule has 0 radical (unpaired) electrons. The summed E-state index contributed by atoms with van der Waals surface area (Å²) in [6, 6.07) is 1.20. The van der Waals surface area contributed by atoms with Crippen LogP contribution in [0.25, 0.3) is 0 Å². The monoisotopic (exact) mass is 264 g/mol. The number of piperazine rings is 1. The summed E-state index contributed by atoms with van der Waals surface area (Å²) in [5.41, 5.74) is 1.66. The van der Waals surface area contributed by atoms with Crippen LogP contribution in [-0.4, -0.2) is 46.4 Å². The SMILES string of the molecule is CC1CNC(C(C)(C)C)CN1CCc1cnn(C)c1. The molecule has 4 heteroatoms. The molecule has 2 unspecified atom stereocenters. The van der Waals surface area contributed by atoms with Crippen LogP contribution in [0.5, 0.6) is 0 Å². The molecule has 108 valence electrons. The molecule has 1 fully saturated rings. The summed E-state index contributed by atoms with van der Waals surface area (Å²) in [7, 11) is 1.98. The molecule has 1 aliphatic rings. The molecule has 2 atom stereocenters. The summed E-state index contributed by atoms with van der Waals surface area (Å²) in [4.78, 5) is 2.61. The van der Waals surface area contributed by atoms with Gasteiger partial charge in [-0.1, -0.05) is 20.8 Å². The molecule has 4 nitrogen and oxygen atoms in total. The number of aromatic nitrogens is 2. The standard InChI is InChI=1S/C15H28N4/c1-12-8-16-14(15(2,3)4)11-19(12)7-6-13-9-17-18(5)10-13/h9-10,12,14,16H,6-8,11H2,1-5H3. The number of rotatable bonds is 3. The summed E-state index contributed by atoms with van der Waals surface area (Å²) >= 11 is 0. The van der Waals surface area contributed by atoms with Crippen LogP contribution in [0.15, 0.2) is 12.4 Å². The van der Waals surface area contributed by atoms with Crippen LogP contribution >= 0.6 is 0 Å². The van der Waals surface area contributed by atoms with Crippen LogP contribution in [0, 0.1) is 5.41 Å². The maximum absolute atomic E-state index is 4.24. The number of hydrogen-bond donors (Lipinski definition) is 1. The van der Waals surface area contributed by atoms with Crippen molar-refractivity contribution in [3.8, 4) is 0 Å². The highest BCUT2D eigenvalue weighted by atomic mass is 15.2. The Morgan fingerprint density at radius 2 is 2.16 bits per heavy atom. The molecule has 0 aliphatic carbocycles. The predicted molar refractivity (Wildman–Crippen MR) is 79.2 cm³/mol. The minimum atomic E-state index is 0.326. The van der Waals surface area contributed by atoms with E-state index in [4.69, 9.17) is 0 Å². The van der Waals surface area contributed by atoms with E-state index in [1.165, 1.54) is 5.56 Å². The first-order valence-electron chi connectivity index (χ1n) is 7.31. The fraction of sp³-hybridized carbons (Fsp3) is 0.800. The Kier molecular flexibility index (Phi) is 4.31. The van der Waals surface area contributed by atoms with Crippen LogP contribution in [0.1, 0.15) is 33.3 Å². The fourth-order valence-corrected chi connectivity index (χ4v) is 2.69. The van der Waals surface area contributed by atoms with E-state index >= 15 is 0 Å². The van der Waals surface area contributed by atoms with Gasteiger partial charge in [-0.05, 0) is 24.3 Å². The van der Waals surface area contributed by atoms with Gasteiger partial charge in [0.2, 0.25) is 0 Å². The van der Waals surface area contributed by atoms with Gasteiger partial charge < -0.3 is 5.32 Å². The van der Waals surface area contributed by atoms with Crippen molar-refractivity contribution in [3.63, 3.8) is 0 Å². The Morgan fingerprint density at radius 1 is 1.42 bits per heavy atom. The van der Waals surface area contributed by atoms with E-state index in [9.17, 15) is 0 Å². The summed E-state index contributed by atoms with van der Waals surface area (Å²) in [6.45, 7) is 12.6. The molecule has 0 spiro atoms. The molecule has 0 bridgehead atoms. The highest BCUT2D eigenvalue weighted by molar-refractivity contribution is 5.04. The zero-order valence-electron chi connectivity index (χ0n) is 13.0. The molecule has 1 aromatic rings. The lowest BCUT2D eigenvalue weighted by Gasteiger charge is -2.44. The number of nitrogens with zero attached hydrogens (tertiary/aromatic N) is 3. The van der Waals surface area contributed by atoms with Crippen LogP contribution in [0.2, 0.25) is 0 Å². The zero-order chi connectivity index (χ0) is 14.0. The summed E-state index contributed by atoms with van der Waals surface area (Å²) < 4.78 is 1.88. The molecule has 1 aromatic heterocycles. The van der Waals surface area contributed by atoms with Gasteiger partial charge >= 0.3 is 0 Å². The van der Waals surface area contributed by atoms with Crippen molar-refractivity contribution in [2.45, 2.75) is 46.2 Å².